The predicted molar refractivity (Wildman–Crippen MR) is 84.8 cm³/mol. The molecule has 2 aliphatic heterocycles. The number of carbonyl (C=O) groups is 2. The highest BCUT2D eigenvalue weighted by Crippen LogP contribution is 2.43. The Hall–Kier alpha value is -1.35. The van der Waals surface area contributed by atoms with Crippen LogP contribution in [0.25, 0.3) is 0 Å². The summed E-state index contributed by atoms with van der Waals surface area (Å²) in [5.41, 5.74) is -1.23. The lowest BCUT2D eigenvalue weighted by Crippen LogP contribution is -2.46. The molecule has 2 aliphatic rings. The number of amides is 1. The van der Waals surface area contributed by atoms with E-state index in [-0.39, 0.29) is 18.7 Å². The number of ether oxygens (including phenoxy) is 2. The normalized spacial score (nSPS) is 24.1. The fraction of sp³-hybridized carbons (Fsp3) is 0.867. The van der Waals surface area contributed by atoms with E-state index in [1.807, 2.05) is 0 Å². The summed E-state index contributed by atoms with van der Waals surface area (Å²) in [6, 6.07) is 0. The van der Waals surface area contributed by atoms with Crippen LogP contribution < -0.4 is 0 Å². The third-order valence-corrected chi connectivity index (χ3v) is 4.73. The Kier molecular flexibility index (Phi) is 5.15. The molecule has 0 aromatic carbocycles. The standard InChI is InChI=1S/C15H25NO7S/c1-14(2,3)23-13(18)16-7-5-15(6-8-16)9-11(22-12(15)17)10-21-24(4,19)20/h11H,5-10H2,1-4H3/t11-/m0/s1. The minimum Gasteiger partial charge on any atom is -0.459 e. The van der Waals surface area contributed by atoms with Gasteiger partial charge in [0.05, 0.1) is 11.7 Å². The number of hydrogen-bond acceptors (Lipinski definition) is 7. The molecule has 0 radical (unpaired) electrons. The average Bonchev–Trinajstić information content (AvgIpc) is 2.71. The van der Waals surface area contributed by atoms with E-state index in [1.54, 1.807) is 25.7 Å². The number of cyclic esters (lactones) is 1. The Labute approximate surface area is 142 Å². The molecule has 0 bridgehead atoms. The van der Waals surface area contributed by atoms with Crippen molar-refractivity contribution in [3.05, 3.63) is 0 Å². The van der Waals surface area contributed by atoms with Crippen molar-refractivity contribution >= 4 is 22.2 Å². The number of piperidine rings is 1. The van der Waals surface area contributed by atoms with Crippen LogP contribution in [0.15, 0.2) is 0 Å². The quantitative estimate of drug-likeness (QED) is 0.550. The van der Waals surface area contributed by atoms with Gasteiger partial charge in [0.25, 0.3) is 10.1 Å². The Balaban J connectivity index is 1.90. The van der Waals surface area contributed by atoms with E-state index in [4.69, 9.17) is 13.7 Å². The maximum atomic E-state index is 12.2. The monoisotopic (exact) mass is 363 g/mol. The Morgan fingerprint density at radius 2 is 1.92 bits per heavy atom. The third kappa shape index (κ3) is 4.83. The van der Waals surface area contributed by atoms with Crippen molar-refractivity contribution in [1.29, 1.82) is 0 Å². The molecule has 138 valence electrons. The highest BCUT2D eigenvalue weighted by Gasteiger charge is 2.51. The second kappa shape index (κ2) is 6.51. The maximum Gasteiger partial charge on any atom is 0.410 e. The lowest BCUT2D eigenvalue weighted by atomic mass is 9.76. The van der Waals surface area contributed by atoms with E-state index in [1.165, 1.54) is 0 Å². The van der Waals surface area contributed by atoms with E-state index in [0.29, 0.717) is 32.4 Å². The smallest absolute Gasteiger partial charge is 0.410 e. The van der Waals surface area contributed by atoms with Gasteiger partial charge in [-0.05, 0) is 33.6 Å². The first-order valence-electron chi connectivity index (χ1n) is 7.94. The van der Waals surface area contributed by atoms with Crippen molar-refractivity contribution in [1.82, 2.24) is 4.90 Å². The molecule has 9 heteroatoms. The van der Waals surface area contributed by atoms with Gasteiger partial charge >= 0.3 is 12.1 Å². The molecule has 2 heterocycles. The summed E-state index contributed by atoms with van der Waals surface area (Å²) >= 11 is 0. The van der Waals surface area contributed by atoms with E-state index in [2.05, 4.69) is 0 Å². The molecule has 24 heavy (non-hydrogen) atoms. The molecule has 0 N–H and O–H groups in total. The molecule has 0 aromatic heterocycles. The molecule has 2 rings (SSSR count). The van der Waals surface area contributed by atoms with Gasteiger partial charge in [-0.25, -0.2) is 4.79 Å². The predicted octanol–water partition coefficient (Wildman–Crippen LogP) is 1.30. The first kappa shape index (κ1) is 19.0. The van der Waals surface area contributed by atoms with Crippen LogP contribution in [-0.2, 0) is 28.6 Å². The number of rotatable bonds is 3. The van der Waals surface area contributed by atoms with Crippen LogP contribution in [0.3, 0.4) is 0 Å². The zero-order valence-corrected chi connectivity index (χ0v) is 15.3. The van der Waals surface area contributed by atoms with Gasteiger partial charge in [-0.1, -0.05) is 0 Å². The van der Waals surface area contributed by atoms with Gasteiger partial charge in [-0.15, -0.1) is 0 Å². The molecular formula is C15H25NO7S. The van der Waals surface area contributed by atoms with Crippen molar-refractivity contribution < 1.29 is 31.7 Å². The van der Waals surface area contributed by atoms with Gasteiger partial charge in [0, 0.05) is 19.5 Å². The summed E-state index contributed by atoms with van der Waals surface area (Å²) in [5, 5.41) is 0. The first-order valence-corrected chi connectivity index (χ1v) is 9.75. The van der Waals surface area contributed by atoms with E-state index in [9.17, 15) is 18.0 Å². The maximum absolute atomic E-state index is 12.2. The highest BCUT2D eigenvalue weighted by molar-refractivity contribution is 7.85. The molecule has 0 unspecified atom stereocenters. The number of carbonyl (C=O) groups excluding carboxylic acids is 2. The van der Waals surface area contributed by atoms with Gasteiger partial charge in [-0.2, -0.15) is 8.42 Å². The molecule has 1 spiro atoms. The highest BCUT2D eigenvalue weighted by atomic mass is 32.2. The van der Waals surface area contributed by atoms with Crippen molar-refractivity contribution in [3.8, 4) is 0 Å². The Bertz CT molecular complexity index is 600. The van der Waals surface area contributed by atoms with Gasteiger partial charge in [0.2, 0.25) is 0 Å². The summed E-state index contributed by atoms with van der Waals surface area (Å²) in [6.07, 6.45) is 1.35. The van der Waals surface area contributed by atoms with Crippen molar-refractivity contribution in [2.45, 2.75) is 51.7 Å². The summed E-state index contributed by atoms with van der Waals surface area (Å²) in [7, 11) is -3.57. The molecule has 1 amide bonds. The summed E-state index contributed by atoms with van der Waals surface area (Å²) < 4.78 is 37.4. The van der Waals surface area contributed by atoms with Crippen LogP contribution in [0, 0.1) is 5.41 Å². The lowest BCUT2D eigenvalue weighted by molar-refractivity contribution is -0.151. The number of nitrogens with zero attached hydrogens (tertiary/aromatic N) is 1. The molecule has 1 atom stereocenters. The fourth-order valence-corrected chi connectivity index (χ4v) is 3.38. The lowest BCUT2D eigenvalue weighted by Gasteiger charge is -2.37. The Morgan fingerprint density at radius 1 is 1.33 bits per heavy atom. The zero-order valence-electron chi connectivity index (χ0n) is 14.5. The number of hydrogen-bond donors (Lipinski definition) is 0. The largest absolute Gasteiger partial charge is 0.459 e. The van der Waals surface area contributed by atoms with Gasteiger partial charge in [0.1, 0.15) is 18.3 Å². The van der Waals surface area contributed by atoms with E-state index >= 15 is 0 Å². The minimum atomic E-state index is -3.57. The van der Waals surface area contributed by atoms with Crippen LogP contribution in [0.4, 0.5) is 4.79 Å². The molecule has 8 nitrogen and oxygen atoms in total. The molecule has 0 aromatic rings. The van der Waals surface area contributed by atoms with Crippen LogP contribution in [0.5, 0.6) is 0 Å². The molecule has 0 aliphatic carbocycles. The average molecular weight is 363 g/mol. The van der Waals surface area contributed by atoms with Crippen molar-refractivity contribution in [3.63, 3.8) is 0 Å². The van der Waals surface area contributed by atoms with Gasteiger partial charge in [0.15, 0.2) is 0 Å². The number of esters is 1. The molecular weight excluding hydrogens is 338 g/mol. The summed E-state index contributed by atoms with van der Waals surface area (Å²) in [5.74, 6) is -0.339. The van der Waals surface area contributed by atoms with Gasteiger partial charge in [-0.3, -0.25) is 8.98 Å². The number of likely N-dealkylation sites (tertiary alicyclic amines) is 1. The van der Waals surface area contributed by atoms with E-state index in [0.717, 1.165) is 6.26 Å². The third-order valence-electron chi connectivity index (χ3n) is 4.17. The first-order chi connectivity index (χ1) is 10.9. The van der Waals surface area contributed by atoms with Crippen LogP contribution in [0.2, 0.25) is 0 Å². The summed E-state index contributed by atoms with van der Waals surface area (Å²) in [4.78, 5) is 25.9. The second-order valence-electron chi connectivity index (χ2n) is 7.47. The molecule has 0 saturated carbocycles. The van der Waals surface area contributed by atoms with E-state index < -0.39 is 27.2 Å². The van der Waals surface area contributed by atoms with Gasteiger partial charge < -0.3 is 14.4 Å². The minimum absolute atomic E-state index is 0.165. The van der Waals surface area contributed by atoms with Crippen molar-refractivity contribution in [2.75, 3.05) is 26.0 Å². The van der Waals surface area contributed by atoms with Crippen LogP contribution >= 0.6 is 0 Å². The van der Waals surface area contributed by atoms with Crippen molar-refractivity contribution in [2.24, 2.45) is 5.41 Å². The topological polar surface area (TPSA) is 99.2 Å². The summed E-state index contributed by atoms with van der Waals surface area (Å²) in [6.45, 7) is 6.06. The SMILES string of the molecule is CC(C)(C)OC(=O)N1CCC2(CC1)C[C@@H](COS(C)(=O)=O)OC2=O. The Morgan fingerprint density at radius 3 is 2.42 bits per heavy atom. The molecule has 2 saturated heterocycles. The second-order valence-corrected chi connectivity index (χ2v) is 9.11. The van der Waals surface area contributed by atoms with Crippen LogP contribution in [0.1, 0.15) is 40.0 Å². The van der Waals surface area contributed by atoms with Crippen LogP contribution in [-0.4, -0.2) is 63.0 Å². The zero-order chi connectivity index (χ0) is 18.2. The molecule has 2 fully saturated rings. The fourth-order valence-electron chi connectivity index (χ4n) is 2.98.